The Balaban J connectivity index is 1.71. The molecule has 4 heterocycles. The summed E-state index contributed by atoms with van der Waals surface area (Å²) in [6.07, 6.45) is 2.18. The fourth-order valence-electron chi connectivity index (χ4n) is 3.68. The van der Waals surface area contributed by atoms with Gasteiger partial charge in [-0.05, 0) is 49.5 Å². The van der Waals surface area contributed by atoms with E-state index in [1.807, 2.05) is 18.2 Å². The van der Waals surface area contributed by atoms with Crippen LogP contribution in [0.2, 0.25) is 0 Å². The fraction of sp³-hybridized carbons (Fsp3) is 0.600. The summed E-state index contributed by atoms with van der Waals surface area (Å²) in [6.45, 7) is 4.18. The Morgan fingerprint density at radius 1 is 1.11 bits per heavy atom. The molecule has 4 heteroatoms. The number of benzene rings is 1. The van der Waals surface area contributed by atoms with Gasteiger partial charge in [0.1, 0.15) is 18.8 Å². The molecular formula is C15H19NO3. The third kappa shape index (κ3) is 1.74. The average Bonchev–Trinajstić information content (AvgIpc) is 2.48. The van der Waals surface area contributed by atoms with Crippen LogP contribution in [0, 0.1) is 5.92 Å². The number of rotatable bonds is 1. The third-order valence-corrected chi connectivity index (χ3v) is 4.77. The summed E-state index contributed by atoms with van der Waals surface area (Å²) in [5.74, 6) is 1.94. The first-order valence-electron chi connectivity index (χ1n) is 7.10. The van der Waals surface area contributed by atoms with Crippen molar-refractivity contribution in [3.8, 4) is 11.5 Å². The molecule has 0 amide bonds. The summed E-state index contributed by atoms with van der Waals surface area (Å²) < 4.78 is 11.2. The molecule has 19 heavy (non-hydrogen) atoms. The predicted octanol–water partition coefficient (Wildman–Crippen LogP) is 1.37. The predicted molar refractivity (Wildman–Crippen MR) is 70.5 cm³/mol. The minimum atomic E-state index is -0.716. The number of hydrogen-bond donors (Lipinski definition) is 1. The van der Waals surface area contributed by atoms with Gasteiger partial charge in [0.25, 0.3) is 0 Å². The summed E-state index contributed by atoms with van der Waals surface area (Å²) in [4.78, 5) is 2.36. The third-order valence-electron chi connectivity index (χ3n) is 4.77. The van der Waals surface area contributed by atoms with Crippen LogP contribution in [0.15, 0.2) is 18.2 Å². The van der Waals surface area contributed by atoms with E-state index in [1.165, 1.54) is 0 Å². The van der Waals surface area contributed by atoms with Crippen LogP contribution in [-0.4, -0.2) is 42.9 Å². The molecule has 0 aliphatic carbocycles. The van der Waals surface area contributed by atoms with Crippen molar-refractivity contribution in [3.05, 3.63) is 23.8 Å². The molecule has 4 aliphatic rings. The summed E-state index contributed by atoms with van der Waals surface area (Å²) >= 11 is 0. The Bertz CT molecular complexity index is 496. The van der Waals surface area contributed by atoms with Crippen molar-refractivity contribution in [3.63, 3.8) is 0 Å². The molecule has 1 atom stereocenters. The smallest absolute Gasteiger partial charge is 0.161 e. The second-order valence-corrected chi connectivity index (χ2v) is 5.83. The van der Waals surface area contributed by atoms with Gasteiger partial charge in [0, 0.05) is 6.54 Å². The summed E-state index contributed by atoms with van der Waals surface area (Å²) in [5.41, 5.74) is 0.262. The van der Waals surface area contributed by atoms with E-state index in [0.29, 0.717) is 19.1 Å². The van der Waals surface area contributed by atoms with Gasteiger partial charge in [-0.3, -0.25) is 0 Å². The van der Waals surface area contributed by atoms with Crippen molar-refractivity contribution in [1.82, 2.24) is 4.90 Å². The number of aliphatic hydroxyl groups is 1. The van der Waals surface area contributed by atoms with Crippen LogP contribution in [0.1, 0.15) is 18.4 Å². The molecular weight excluding hydrogens is 242 g/mol. The SMILES string of the molecule is OC1(c2ccc3c(c2)OCCO3)CN2CCC1CC2. The molecule has 0 aromatic heterocycles. The van der Waals surface area contributed by atoms with Gasteiger partial charge in [-0.1, -0.05) is 6.07 Å². The number of piperidine rings is 3. The number of nitrogens with zero attached hydrogens (tertiary/aromatic N) is 1. The lowest BCUT2D eigenvalue weighted by molar-refractivity contribution is -0.117. The maximum absolute atomic E-state index is 11.1. The Morgan fingerprint density at radius 2 is 1.84 bits per heavy atom. The second kappa shape index (κ2) is 4.12. The molecule has 102 valence electrons. The normalized spacial score (nSPS) is 36.3. The van der Waals surface area contributed by atoms with E-state index in [1.54, 1.807) is 0 Å². The van der Waals surface area contributed by atoms with E-state index in [-0.39, 0.29) is 0 Å². The van der Waals surface area contributed by atoms with E-state index in [2.05, 4.69) is 4.90 Å². The molecule has 5 rings (SSSR count). The monoisotopic (exact) mass is 261 g/mol. The molecule has 4 aliphatic heterocycles. The van der Waals surface area contributed by atoms with Gasteiger partial charge in [-0.2, -0.15) is 0 Å². The van der Waals surface area contributed by atoms with E-state index in [0.717, 1.165) is 49.5 Å². The maximum Gasteiger partial charge on any atom is 0.161 e. The second-order valence-electron chi connectivity index (χ2n) is 5.83. The van der Waals surface area contributed by atoms with Gasteiger partial charge in [-0.15, -0.1) is 0 Å². The van der Waals surface area contributed by atoms with Crippen LogP contribution in [0.25, 0.3) is 0 Å². The fourth-order valence-corrected chi connectivity index (χ4v) is 3.68. The lowest BCUT2D eigenvalue weighted by Gasteiger charge is -2.50. The number of ether oxygens (including phenoxy) is 2. The molecule has 1 unspecified atom stereocenters. The van der Waals surface area contributed by atoms with Crippen molar-refractivity contribution in [2.45, 2.75) is 18.4 Å². The van der Waals surface area contributed by atoms with Crippen LogP contribution in [-0.2, 0) is 5.60 Å². The highest BCUT2D eigenvalue weighted by Gasteiger charge is 2.46. The molecule has 2 bridgehead atoms. The Labute approximate surface area is 112 Å². The quantitative estimate of drug-likeness (QED) is 0.829. The molecule has 4 nitrogen and oxygen atoms in total. The van der Waals surface area contributed by atoms with Gasteiger partial charge >= 0.3 is 0 Å². The summed E-state index contributed by atoms with van der Waals surface area (Å²) in [6, 6.07) is 5.89. The van der Waals surface area contributed by atoms with Gasteiger partial charge < -0.3 is 19.5 Å². The molecule has 1 aromatic rings. The van der Waals surface area contributed by atoms with E-state index >= 15 is 0 Å². The zero-order valence-electron chi connectivity index (χ0n) is 11.0. The Kier molecular flexibility index (Phi) is 2.50. The number of hydrogen-bond acceptors (Lipinski definition) is 4. The number of fused-ring (bicyclic) bond motifs is 4. The van der Waals surface area contributed by atoms with Crippen LogP contribution in [0.3, 0.4) is 0 Å². The lowest BCUT2D eigenvalue weighted by Crippen LogP contribution is -2.57. The van der Waals surface area contributed by atoms with Crippen LogP contribution < -0.4 is 9.47 Å². The van der Waals surface area contributed by atoms with Gasteiger partial charge in [0.15, 0.2) is 11.5 Å². The molecule has 0 saturated carbocycles. The molecule has 1 N–H and O–H groups in total. The van der Waals surface area contributed by atoms with Gasteiger partial charge in [0.2, 0.25) is 0 Å². The Hall–Kier alpha value is -1.26. The van der Waals surface area contributed by atoms with Crippen molar-refractivity contribution in [2.75, 3.05) is 32.8 Å². The van der Waals surface area contributed by atoms with Crippen molar-refractivity contribution >= 4 is 0 Å². The lowest BCUT2D eigenvalue weighted by atomic mass is 9.71. The minimum Gasteiger partial charge on any atom is -0.486 e. The molecule has 1 aromatic carbocycles. The van der Waals surface area contributed by atoms with Crippen LogP contribution >= 0.6 is 0 Å². The minimum absolute atomic E-state index is 0.375. The van der Waals surface area contributed by atoms with Gasteiger partial charge in [-0.25, -0.2) is 0 Å². The maximum atomic E-state index is 11.1. The molecule has 3 saturated heterocycles. The Morgan fingerprint density at radius 3 is 2.53 bits per heavy atom. The van der Waals surface area contributed by atoms with Crippen molar-refractivity contribution in [2.24, 2.45) is 5.92 Å². The van der Waals surface area contributed by atoms with E-state index in [9.17, 15) is 5.11 Å². The highest BCUT2D eigenvalue weighted by atomic mass is 16.6. The highest BCUT2D eigenvalue weighted by molar-refractivity contribution is 5.46. The summed E-state index contributed by atoms with van der Waals surface area (Å²) in [5, 5.41) is 11.1. The average molecular weight is 261 g/mol. The van der Waals surface area contributed by atoms with Gasteiger partial charge in [0.05, 0.1) is 0 Å². The first-order chi connectivity index (χ1) is 9.25. The van der Waals surface area contributed by atoms with Crippen LogP contribution in [0.4, 0.5) is 0 Å². The first kappa shape index (κ1) is 11.6. The summed E-state index contributed by atoms with van der Waals surface area (Å²) in [7, 11) is 0. The first-order valence-corrected chi connectivity index (χ1v) is 7.10. The van der Waals surface area contributed by atoms with Crippen LogP contribution in [0.5, 0.6) is 11.5 Å². The largest absolute Gasteiger partial charge is 0.486 e. The zero-order chi connectivity index (χ0) is 12.9. The molecule has 3 fully saturated rings. The topological polar surface area (TPSA) is 41.9 Å². The van der Waals surface area contributed by atoms with Crippen molar-refractivity contribution < 1.29 is 14.6 Å². The molecule has 0 spiro atoms. The standard InChI is InChI=1S/C15H19NO3/c17-15(10-16-5-3-11(15)4-6-16)12-1-2-13-14(9-12)19-8-7-18-13/h1-2,9,11,17H,3-8,10H2. The molecule has 0 radical (unpaired) electrons. The van der Waals surface area contributed by atoms with E-state index < -0.39 is 5.60 Å². The zero-order valence-corrected chi connectivity index (χ0v) is 11.0. The van der Waals surface area contributed by atoms with Crippen molar-refractivity contribution in [1.29, 1.82) is 0 Å². The highest BCUT2D eigenvalue weighted by Crippen LogP contribution is 2.44. The van der Waals surface area contributed by atoms with E-state index in [4.69, 9.17) is 9.47 Å².